The Morgan fingerprint density at radius 1 is 1.11 bits per heavy atom. The molecular formula is C17H30F3N5O2S. The highest BCUT2D eigenvalue weighted by Crippen LogP contribution is 2.32. The summed E-state index contributed by atoms with van der Waals surface area (Å²) < 4.78 is 61.6. The second-order valence-electron chi connectivity index (χ2n) is 7.87. The predicted octanol–water partition coefficient (Wildman–Crippen LogP) is 1.34. The van der Waals surface area contributed by atoms with Crippen molar-refractivity contribution in [1.29, 1.82) is 0 Å². The van der Waals surface area contributed by atoms with Gasteiger partial charge < -0.3 is 15.5 Å². The van der Waals surface area contributed by atoms with Crippen LogP contribution in [0.3, 0.4) is 0 Å². The molecule has 3 rings (SSSR count). The molecule has 162 valence electrons. The number of sulfonamides is 1. The highest BCUT2D eigenvalue weighted by molar-refractivity contribution is 7.90. The fourth-order valence-corrected chi connectivity index (χ4v) is 4.89. The topological polar surface area (TPSA) is 77.0 Å². The van der Waals surface area contributed by atoms with Crippen LogP contribution < -0.4 is 10.6 Å². The Labute approximate surface area is 164 Å². The maximum Gasteiger partial charge on any atom is 0.511 e. The maximum absolute atomic E-state index is 12.7. The summed E-state index contributed by atoms with van der Waals surface area (Å²) in [4.78, 5) is 7.21. The first-order chi connectivity index (χ1) is 13.2. The zero-order valence-electron chi connectivity index (χ0n) is 16.2. The van der Waals surface area contributed by atoms with Gasteiger partial charge in [-0.2, -0.15) is 17.5 Å². The minimum Gasteiger partial charge on any atom is -0.357 e. The number of nitrogens with one attached hydrogen (secondary N) is 2. The Bertz CT molecular complexity index is 658. The third kappa shape index (κ3) is 5.29. The molecule has 0 aromatic heterocycles. The lowest BCUT2D eigenvalue weighted by atomic mass is 10.1. The van der Waals surface area contributed by atoms with Gasteiger partial charge in [0.1, 0.15) is 0 Å². The quantitative estimate of drug-likeness (QED) is 0.496. The van der Waals surface area contributed by atoms with E-state index in [9.17, 15) is 21.6 Å². The van der Waals surface area contributed by atoms with Gasteiger partial charge in [0.05, 0.1) is 0 Å². The molecule has 0 spiro atoms. The second-order valence-corrected chi connectivity index (χ2v) is 9.80. The van der Waals surface area contributed by atoms with Crippen molar-refractivity contribution in [2.45, 2.75) is 56.6 Å². The van der Waals surface area contributed by atoms with Crippen molar-refractivity contribution in [2.24, 2.45) is 10.9 Å². The van der Waals surface area contributed by atoms with E-state index in [0.29, 0.717) is 35.6 Å². The number of rotatable bonds is 6. The van der Waals surface area contributed by atoms with Gasteiger partial charge in [-0.05, 0) is 51.5 Å². The number of alkyl halides is 3. The van der Waals surface area contributed by atoms with Gasteiger partial charge in [-0.1, -0.05) is 0 Å². The average Bonchev–Trinajstić information content (AvgIpc) is 3.38. The Morgan fingerprint density at radius 2 is 1.79 bits per heavy atom. The average molecular weight is 426 g/mol. The van der Waals surface area contributed by atoms with Gasteiger partial charge in [0, 0.05) is 44.8 Å². The standard InChI is InChI=1S/C17H30F3N5O2S/c1-2-21-16(22-11-13-5-8-24(12-13)15-3-4-15)23-14-6-9-25(10-7-14)28(26,27)17(18,19)20/h13-15H,2-12H2,1H3,(H2,21,22,23). The lowest BCUT2D eigenvalue weighted by Crippen LogP contribution is -2.51. The first kappa shape index (κ1) is 21.6. The largest absolute Gasteiger partial charge is 0.511 e. The molecule has 7 nitrogen and oxygen atoms in total. The molecule has 1 atom stereocenters. The number of hydrogen-bond acceptors (Lipinski definition) is 4. The van der Waals surface area contributed by atoms with Crippen LogP contribution in [0.5, 0.6) is 0 Å². The Morgan fingerprint density at radius 3 is 2.36 bits per heavy atom. The summed E-state index contributed by atoms with van der Waals surface area (Å²) in [5.74, 6) is 1.19. The van der Waals surface area contributed by atoms with E-state index in [1.165, 1.54) is 12.8 Å². The lowest BCUT2D eigenvalue weighted by Gasteiger charge is -2.32. The Hall–Kier alpha value is -1.07. The smallest absolute Gasteiger partial charge is 0.357 e. The van der Waals surface area contributed by atoms with Crippen molar-refractivity contribution in [2.75, 3.05) is 39.3 Å². The molecule has 0 aromatic carbocycles. The molecule has 11 heteroatoms. The van der Waals surface area contributed by atoms with Crippen molar-refractivity contribution in [3.63, 3.8) is 0 Å². The van der Waals surface area contributed by atoms with Crippen LogP contribution >= 0.6 is 0 Å². The lowest BCUT2D eigenvalue weighted by molar-refractivity contribution is -0.0494. The highest BCUT2D eigenvalue weighted by Gasteiger charge is 2.50. The molecule has 0 amide bonds. The summed E-state index contributed by atoms with van der Waals surface area (Å²) in [5, 5.41) is 6.44. The molecule has 3 aliphatic rings. The molecule has 1 unspecified atom stereocenters. The second kappa shape index (κ2) is 8.74. The summed E-state index contributed by atoms with van der Waals surface area (Å²) in [7, 11) is -5.24. The van der Waals surface area contributed by atoms with E-state index in [1.54, 1.807) is 0 Å². The number of hydrogen-bond donors (Lipinski definition) is 2. The van der Waals surface area contributed by atoms with E-state index in [-0.39, 0.29) is 19.1 Å². The molecule has 28 heavy (non-hydrogen) atoms. The van der Waals surface area contributed by atoms with Crippen molar-refractivity contribution >= 4 is 16.0 Å². The molecule has 2 heterocycles. The van der Waals surface area contributed by atoms with Gasteiger partial charge in [0.25, 0.3) is 0 Å². The minimum atomic E-state index is -5.24. The summed E-state index contributed by atoms with van der Waals surface area (Å²) in [5.41, 5.74) is -5.24. The molecule has 2 aliphatic heterocycles. The van der Waals surface area contributed by atoms with E-state index in [1.807, 2.05) is 6.92 Å². The fourth-order valence-electron chi connectivity index (χ4n) is 3.90. The van der Waals surface area contributed by atoms with Gasteiger partial charge in [0.15, 0.2) is 5.96 Å². The van der Waals surface area contributed by atoms with E-state index in [2.05, 4.69) is 20.5 Å². The Balaban J connectivity index is 1.48. The van der Waals surface area contributed by atoms with E-state index in [0.717, 1.165) is 32.1 Å². The molecule has 2 N–H and O–H groups in total. The number of likely N-dealkylation sites (tertiary alicyclic amines) is 1. The van der Waals surface area contributed by atoms with Crippen LogP contribution in [0.1, 0.15) is 39.0 Å². The maximum atomic E-state index is 12.7. The van der Waals surface area contributed by atoms with Crippen LogP contribution in [-0.2, 0) is 10.0 Å². The van der Waals surface area contributed by atoms with Gasteiger partial charge in [-0.25, -0.2) is 8.42 Å². The van der Waals surface area contributed by atoms with Crippen LogP contribution in [0.25, 0.3) is 0 Å². The zero-order chi connectivity index (χ0) is 20.4. The molecule has 3 fully saturated rings. The summed E-state index contributed by atoms with van der Waals surface area (Å²) in [6.45, 7) is 5.31. The normalized spacial score (nSPS) is 26.6. The molecular weight excluding hydrogens is 395 g/mol. The first-order valence-corrected chi connectivity index (χ1v) is 11.5. The monoisotopic (exact) mass is 425 g/mol. The van der Waals surface area contributed by atoms with Gasteiger partial charge in [-0.3, -0.25) is 4.99 Å². The molecule has 1 saturated carbocycles. The first-order valence-electron chi connectivity index (χ1n) is 10.1. The molecule has 2 saturated heterocycles. The summed E-state index contributed by atoms with van der Waals surface area (Å²) >= 11 is 0. The van der Waals surface area contributed by atoms with E-state index >= 15 is 0 Å². The molecule has 0 radical (unpaired) electrons. The molecule has 1 aliphatic carbocycles. The summed E-state index contributed by atoms with van der Waals surface area (Å²) in [6, 6.07) is 0.683. The fraction of sp³-hybridized carbons (Fsp3) is 0.941. The predicted molar refractivity (Wildman–Crippen MR) is 101 cm³/mol. The van der Waals surface area contributed by atoms with Crippen molar-refractivity contribution in [3.05, 3.63) is 0 Å². The van der Waals surface area contributed by atoms with Crippen molar-refractivity contribution < 1.29 is 21.6 Å². The Kier molecular flexibility index (Phi) is 6.76. The number of halogens is 3. The van der Waals surface area contributed by atoms with E-state index in [4.69, 9.17) is 0 Å². The van der Waals surface area contributed by atoms with Crippen LogP contribution in [0.15, 0.2) is 4.99 Å². The van der Waals surface area contributed by atoms with Gasteiger partial charge in [-0.15, -0.1) is 0 Å². The zero-order valence-corrected chi connectivity index (χ0v) is 17.0. The summed E-state index contributed by atoms with van der Waals surface area (Å²) in [6.07, 6.45) is 4.40. The molecule has 0 aromatic rings. The van der Waals surface area contributed by atoms with Crippen molar-refractivity contribution in [3.8, 4) is 0 Å². The minimum absolute atomic E-state index is 0.0935. The highest BCUT2D eigenvalue weighted by atomic mass is 32.2. The number of nitrogens with zero attached hydrogens (tertiary/aromatic N) is 3. The molecule has 0 bridgehead atoms. The van der Waals surface area contributed by atoms with Crippen LogP contribution in [0.4, 0.5) is 13.2 Å². The third-order valence-electron chi connectivity index (χ3n) is 5.66. The van der Waals surface area contributed by atoms with Crippen LogP contribution in [0.2, 0.25) is 0 Å². The third-order valence-corrected chi connectivity index (χ3v) is 7.29. The van der Waals surface area contributed by atoms with Crippen LogP contribution in [-0.4, -0.2) is 80.4 Å². The number of piperidine rings is 1. The number of guanidine groups is 1. The number of aliphatic imine (C=N–C) groups is 1. The van der Waals surface area contributed by atoms with Crippen LogP contribution in [0, 0.1) is 5.92 Å². The van der Waals surface area contributed by atoms with Gasteiger partial charge in [0.2, 0.25) is 0 Å². The van der Waals surface area contributed by atoms with E-state index < -0.39 is 15.5 Å². The SMILES string of the molecule is CCNC(=NCC1CCN(C2CC2)C1)NC1CCN(S(=O)(=O)C(F)(F)F)CC1. The van der Waals surface area contributed by atoms with Gasteiger partial charge >= 0.3 is 15.5 Å². The van der Waals surface area contributed by atoms with Crippen molar-refractivity contribution in [1.82, 2.24) is 19.8 Å².